The maximum Gasteiger partial charge on any atom is 0.295 e. The fourth-order valence-electron chi connectivity index (χ4n) is 3.73. The van der Waals surface area contributed by atoms with Gasteiger partial charge in [-0.1, -0.05) is 32.4 Å². The molecule has 1 amide bonds. The Hall–Kier alpha value is -3.15. The third-order valence-electron chi connectivity index (χ3n) is 5.37. The summed E-state index contributed by atoms with van der Waals surface area (Å²) >= 11 is 0. The maximum atomic E-state index is 13.7. The minimum atomic E-state index is -0.736. The van der Waals surface area contributed by atoms with Gasteiger partial charge in [0.2, 0.25) is 0 Å². The van der Waals surface area contributed by atoms with Crippen LogP contribution in [0.4, 0.5) is 4.39 Å². The Morgan fingerprint density at radius 1 is 1.13 bits per heavy atom. The predicted molar refractivity (Wildman–Crippen MR) is 117 cm³/mol. The number of nitrogens with zero attached hydrogens (tertiary/aromatic N) is 1. The summed E-state index contributed by atoms with van der Waals surface area (Å²) in [5, 5.41) is 11.0. The molecule has 1 fully saturated rings. The molecular weight excluding hydrogens is 397 g/mol. The molecule has 3 rings (SSSR count). The van der Waals surface area contributed by atoms with Gasteiger partial charge in [-0.3, -0.25) is 9.59 Å². The Labute approximate surface area is 182 Å². The summed E-state index contributed by atoms with van der Waals surface area (Å²) < 4.78 is 19.5. The van der Waals surface area contributed by atoms with E-state index in [-0.39, 0.29) is 11.3 Å². The normalized spacial score (nSPS) is 17.9. The number of halogens is 1. The SMILES string of the molecule is CCCCN1C(=O)C(=O)/C(=C(\O)c2ccc(F)c(C)c2)C1c1cccc(OCCC)c1. The maximum absolute atomic E-state index is 13.7. The van der Waals surface area contributed by atoms with E-state index in [0.29, 0.717) is 35.6 Å². The fraction of sp³-hybridized carbons (Fsp3) is 0.360. The molecule has 2 aromatic carbocycles. The molecule has 164 valence electrons. The number of Topliss-reactive ketones (excluding diaryl/α,β-unsaturated/α-hetero) is 1. The van der Waals surface area contributed by atoms with E-state index >= 15 is 0 Å². The second-order valence-electron chi connectivity index (χ2n) is 7.73. The quantitative estimate of drug-likeness (QED) is 0.361. The van der Waals surface area contributed by atoms with Crippen molar-refractivity contribution in [2.24, 2.45) is 0 Å². The molecule has 0 spiro atoms. The third-order valence-corrected chi connectivity index (χ3v) is 5.37. The standard InChI is InChI=1S/C25H28FNO4/c1-4-6-12-27-22(17-8-7-9-19(15-17)31-13-5-2)21(24(29)25(27)30)23(28)18-10-11-20(26)16(3)14-18/h7-11,14-15,22,28H,4-6,12-13H2,1-3H3/b23-21-. The number of unbranched alkanes of at least 4 members (excludes halogenated alkanes) is 1. The van der Waals surface area contributed by atoms with Crippen LogP contribution in [-0.4, -0.2) is 34.8 Å². The number of rotatable bonds is 8. The van der Waals surface area contributed by atoms with Gasteiger partial charge in [0.15, 0.2) is 0 Å². The first-order valence-electron chi connectivity index (χ1n) is 10.7. The first kappa shape index (κ1) is 22.5. The van der Waals surface area contributed by atoms with E-state index in [1.54, 1.807) is 13.0 Å². The van der Waals surface area contributed by atoms with E-state index in [9.17, 15) is 19.1 Å². The lowest BCUT2D eigenvalue weighted by atomic mass is 9.94. The highest BCUT2D eigenvalue weighted by atomic mass is 19.1. The molecule has 0 aliphatic carbocycles. The number of carbonyl (C=O) groups excluding carboxylic acids is 2. The number of hydrogen-bond donors (Lipinski definition) is 1. The Morgan fingerprint density at radius 3 is 2.58 bits per heavy atom. The minimum Gasteiger partial charge on any atom is -0.507 e. The number of likely N-dealkylation sites (tertiary alicyclic amines) is 1. The Morgan fingerprint density at radius 2 is 1.90 bits per heavy atom. The van der Waals surface area contributed by atoms with Crippen LogP contribution in [0.1, 0.15) is 55.8 Å². The Kier molecular flexibility index (Phi) is 7.10. The molecule has 1 atom stereocenters. The number of carbonyl (C=O) groups is 2. The predicted octanol–water partition coefficient (Wildman–Crippen LogP) is 5.14. The number of aliphatic hydroxyl groups excluding tert-OH is 1. The smallest absolute Gasteiger partial charge is 0.295 e. The van der Waals surface area contributed by atoms with Crippen LogP contribution in [0.15, 0.2) is 48.0 Å². The van der Waals surface area contributed by atoms with Crippen molar-refractivity contribution in [2.75, 3.05) is 13.2 Å². The monoisotopic (exact) mass is 425 g/mol. The summed E-state index contributed by atoms with van der Waals surface area (Å²) in [5.74, 6) is -1.44. The van der Waals surface area contributed by atoms with Crippen LogP contribution in [0.5, 0.6) is 5.75 Å². The number of hydrogen-bond acceptors (Lipinski definition) is 4. The average Bonchev–Trinajstić information content (AvgIpc) is 3.02. The number of ether oxygens (including phenoxy) is 1. The molecule has 6 heteroatoms. The van der Waals surface area contributed by atoms with E-state index in [1.807, 2.05) is 32.0 Å². The van der Waals surface area contributed by atoms with Gasteiger partial charge >= 0.3 is 0 Å². The topological polar surface area (TPSA) is 66.8 Å². The Bertz CT molecular complexity index is 1010. The molecular formula is C25H28FNO4. The summed E-state index contributed by atoms with van der Waals surface area (Å²) in [7, 11) is 0. The molecule has 0 radical (unpaired) electrons. The minimum absolute atomic E-state index is 0.0137. The molecule has 1 heterocycles. The summed E-state index contributed by atoms with van der Waals surface area (Å²) in [6, 6.07) is 10.6. The molecule has 1 aliphatic heterocycles. The van der Waals surface area contributed by atoms with Crippen LogP contribution < -0.4 is 4.74 Å². The molecule has 31 heavy (non-hydrogen) atoms. The zero-order chi connectivity index (χ0) is 22.5. The van der Waals surface area contributed by atoms with Gasteiger partial charge in [-0.05, 0) is 61.2 Å². The van der Waals surface area contributed by atoms with Gasteiger partial charge < -0.3 is 14.7 Å². The average molecular weight is 426 g/mol. The van der Waals surface area contributed by atoms with Crippen molar-refractivity contribution in [1.82, 2.24) is 4.90 Å². The zero-order valence-corrected chi connectivity index (χ0v) is 18.2. The highest BCUT2D eigenvalue weighted by molar-refractivity contribution is 6.46. The van der Waals surface area contributed by atoms with Crippen molar-refractivity contribution in [2.45, 2.75) is 46.1 Å². The van der Waals surface area contributed by atoms with Crippen molar-refractivity contribution in [3.05, 3.63) is 70.5 Å². The van der Waals surface area contributed by atoms with Gasteiger partial charge in [0, 0.05) is 12.1 Å². The third kappa shape index (κ3) is 4.63. The van der Waals surface area contributed by atoms with E-state index in [2.05, 4.69) is 0 Å². The van der Waals surface area contributed by atoms with Crippen LogP contribution in [0, 0.1) is 12.7 Å². The van der Waals surface area contributed by atoms with Gasteiger partial charge in [0.05, 0.1) is 18.2 Å². The largest absolute Gasteiger partial charge is 0.507 e. The molecule has 1 unspecified atom stereocenters. The van der Waals surface area contributed by atoms with Gasteiger partial charge in [0.25, 0.3) is 11.7 Å². The lowest BCUT2D eigenvalue weighted by Crippen LogP contribution is -2.30. The number of benzene rings is 2. The van der Waals surface area contributed by atoms with Crippen LogP contribution in [0.3, 0.4) is 0 Å². The number of aryl methyl sites for hydroxylation is 1. The first-order chi connectivity index (χ1) is 14.9. The van der Waals surface area contributed by atoms with Gasteiger partial charge in [-0.2, -0.15) is 0 Å². The van der Waals surface area contributed by atoms with Crippen LogP contribution >= 0.6 is 0 Å². The second kappa shape index (κ2) is 9.77. The molecule has 0 bridgehead atoms. The van der Waals surface area contributed by atoms with Crippen molar-refractivity contribution < 1.29 is 23.8 Å². The molecule has 5 nitrogen and oxygen atoms in total. The highest BCUT2D eigenvalue weighted by Gasteiger charge is 2.45. The first-order valence-corrected chi connectivity index (χ1v) is 10.7. The van der Waals surface area contributed by atoms with E-state index in [1.165, 1.54) is 23.1 Å². The second-order valence-corrected chi connectivity index (χ2v) is 7.73. The van der Waals surface area contributed by atoms with Gasteiger partial charge in [-0.25, -0.2) is 4.39 Å². The summed E-state index contributed by atoms with van der Waals surface area (Å²) in [4.78, 5) is 27.3. The Balaban J connectivity index is 2.14. The molecule has 1 aliphatic rings. The van der Waals surface area contributed by atoms with Crippen LogP contribution in [0.2, 0.25) is 0 Å². The molecule has 1 saturated heterocycles. The van der Waals surface area contributed by atoms with Crippen molar-refractivity contribution in [1.29, 1.82) is 0 Å². The number of ketones is 1. The number of aliphatic hydroxyl groups is 1. The molecule has 0 saturated carbocycles. The molecule has 1 N–H and O–H groups in total. The molecule has 2 aromatic rings. The van der Waals surface area contributed by atoms with E-state index in [0.717, 1.165) is 19.3 Å². The van der Waals surface area contributed by atoms with Crippen LogP contribution in [0.25, 0.3) is 5.76 Å². The van der Waals surface area contributed by atoms with Crippen molar-refractivity contribution in [3.8, 4) is 5.75 Å². The summed E-state index contributed by atoms with van der Waals surface area (Å²) in [6.07, 6.45) is 2.43. The van der Waals surface area contributed by atoms with Gasteiger partial charge in [-0.15, -0.1) is 0 Å². The highest BCUT2D eigenvalue weighted by Crippen LogP contribution is 2.40. The zero-order valence-electron chi connectivity index (χ0n) is 18.2. The lowest BCUT2D eigenvalue weighted by molar-refractivity contribution is -0.139. The van der Waals surface area contributed by atoms with E-state index in [4.69, 9.17) is 4.74 Å². The van der Waals surface area contributed by atoms with E-state index < -0.39 is 23.5 Å². The lowest BCUT2D eigenvalue weighted by Gasteiger charge is -2.25. The summed E-state index contributed by atoms with van der Waals surface area (Å²) in [6.45, 7) is 6.54. The molecule has 0 aromatic heterocycles. The van der Waals surface area contributed by atoms with Crippen LogP contribution in [-0.2, 0) is 9.59 Å². The summed E-state index contributed by atoms with van der Waals surface area (Å²) in [5.41, 5.74) is 1.34. The van der Waals surface area contributed by atoms with Crippen molar-refractivity contribution >= 4 is 17.4 Å². The fourth-order valence-corrected chi connectivity index (χ4v) is 3.73. The van der Waals surface area contributed by atoms with Crippen molar-refractivity contribution in [3.63, 3.8) is 0 Å². The number of amides is 1. The van der Waals surface area contributed by atoms with Gasteiger partial charge in [0.1, 0.15) is 17.3 Å².